The molecule has 2 aliphatic heterocycles. The standard InChI is InChI=1S/C29H45N5O7/c1-29(2,3)11-10-22(28(39)40)31-27(38)24(18-34-13-15-41-16-14-34)33-26(37)23(17-19-6-8-20(35)9-7-19)32-25(36)21-5-4-12-30-21/h6-9,21-24,30,35H,4-5,10-18H2,1-3H3,(H,31,38)(H,32,36)(H,33,37)(H,39,40)/t21-,22-,23-,24-/m0/s1. The van der Waals surface area contributed by atoms with Gasteiger partial charge in [0.2, 0.25) is 17.7 Å². The van der Waals surface area contributed by atoms with E-state index in [0.717, 1.165) is 6.42 Å². The first-order valence-corrected chi connectivity index (χ1v) is 14.4. The van der Waals surface area contributed by atoms with Crippen LogP contribution in [0.15, 0.2) is 24.3 Å². The van der Waals surface area contributed by atoms with Gasteiger partial charge in [0.05, 0.1) is 19.3 Å². The highest BCUT2D eigenvalue weighted by molar-refractivity contribution is 5.94. The van der Waals surface area contributed by atoms with Crippen LogP contribution in [0.2, 0.25) is 0 Å². The number of aromatic hydroxyl groups is 1. The number of carboxylic acid groups (broad SMARTS) is 1. The topological polar surface area (TPSA) is 169 Å². The average molecular weight is 576 g/mol. The third-order valence-electron chi connectivity index (χ3n) is 7.36. The molecule has 2 fully saturated rings. The van der Waals surface area contributed by atoms with Crippen molar-refractivity contribution in [1.29, 1.82) is 0 Å². The maximum Gasteiger partial charge on any atom is 0.326 e. The molecule has 6 N–H and O–H groups in total. The minimum Gasteiger partial charge on any atom is -0.508 e. The third-order valence-corrected chi connectivity index (χ3v) is 7.36. The van der Waals surface area contributed by atoms with E-state index in [0.29, 0.717) is 51.3 Å². The number of rotatable bonds is 13. The zero-order valence-corrected chi connectivity index (χ0v) is 24.3. The summed E-state index contributed by atoms with van der Waals surface area (Å²) in [4.78, 5) is 54.0. The molecule has 12 nitrogen and oxygen atoms in total. The third kappa shape index (κ3) is 10.9. The molecule has 0 bridgehead atoms. The van der Waals surface area contributed by atoms with E-state index in [2.05, 4.69) is 21.3 Å². The van der Waals surface area contributed by atoms with Crippen LogP contribution in [0.1, 0.15) is 52.0 Å². The summed E-state index contributed by atoms with van der Waals surface area (Å²) in [6, 6.07) is 2.78. The molecule has 3 amide bonds. The summed E-state index contributed by atoms with van der Waals surface area (Å²) in [5.41, 5.74) is 0.596. The molecule has 0 radical (unpaired) electrons. The Balaban J connectivity index is 1.78. The Kier molecular flexibility index (Phi) is 11.9. The lowest BCUT2D eigenvalue weighted by Gasteiger charge is -2.32. The second-order valence-electron chi connectivity index (χ2n) is 12.1. The van der Waals surface area contributed by atoms with Gasteiger partial charge in [-0.1, -0.05) is 32.9 Å². The Morgan fingerprint density at radius 2 is 1.63 bits per heavy atom. The Labute approximate surface area is 241 Å². The number of aliphatic carboxylic acids is 1. The molecule has 228 valence electrons. The van der Waals surface area contributed by atoms with Gasteiger partial charge >= 0.3 is 5.97 Å². The number of amides is 3. The van der Waals surface area contributed by atoms with Crippen molar-refractivity contribution in [2.75, 3.05) is 39.4 Å². The van der Waals surface area contributed by atoms with Crippen LogP contribution in [-0.4, -0.2) is 102 Å². The van der Waals surface area contributed by atoms with Crippen LogP contribution in [0.3, 0.4) is 0 Å². The predicted octanol–water partition coefficient (Wildman–Crippen LogP) is 0.384. The Morgan fingerprint density at radius 1 is 1.00 bits per heavy atom. The number of ether oxygens (including phenoxy) is 1. The lowest BCUT2D eigenvalue weighted by atomic mass is 9.88. The number of morpholine rings is 1. The van der Waals surface area contributed by atoms with Crippen molar-refractivity contribution < 1.29 is 34.1 Å². The van der Waals surface area contributed by atoms with E-state index in [1.54, 1.807) is 12.1 Å². The molecule has 3 rings (SSSR count). The van der Waals surface area contributed by atoms with Gasteiger partial charge in [-0.2, -0.15) is 0 Å². The molecule has 4 atom stereocenters. The molecule has 1 aromatic rings. The highest BCUT2D eigenvalue weighted by Gasteiger charge is 2.33. The van der Waals surface area contributed by atoms with Crippen LogP contribution in [0.4, 0.5) is 0 Å². The van der Waals surface area contributed by atoms with Crippen LogP contribution in [0, 0.1) is 5.41 Å². The average Bonchev–Trinajstić information content (AvgIpc) is 3.46. The smallest absolute Gasteiger partial charge is 0.326 e. The monoisotopic (exact) mass is 575 g/mol. The lowest BCUT2D eigenvalue weighted by Crippen LogP contribution is -2.60. The number of carboxylic acids is 1. The molecule has 2 saturated heterocycles. The van der Waals surface area contributed by atoms with Crippen molar-refractivity contribution in [3.8, 4) is 5.75 Å². The summed E-state index contributed by atoms with van der Waals surface area (Å²) in [5, 5.41) is 30.8. The number of carbonyl (C=O) groups is 4. The molecule has 12 heteroatoms. The van der Waals surface area contributed by atoms with E-state index in [1.165, 1.54) is 12.1 Å². The normalized spacial score (nSPS) is 20.0. The summed E-state index contributed by atoms with van der Waals surface area (Å²) in [5.74, 6) is -2.52. The first kappa shape index (κ1) is 32.3. The molecular formula is C29H45N5O7. The minimum absolute atomic E-state index is 0.0793. The molecule has 0 aromatic heterocycles. The molecular weight excluding hydrogens is 530 g/mol. The molecule has 0 spiro atoms. The van der Waals surface area contributed by atoms with Gasteiger partial charge in [-0.3, -0.25) is 19.3 Å². The van der Waals surface area contributed by atoms with Crippen molar-refractivity contribution in [3.05, 3.63) is 29.8 Å². The fraction of sp³-hybridized carbons (Fsp3) is 0.655. The van der Waals surface area contributed by atoms with Crippen LogP contribution < -0.4 is 21.3 Å². The van der Waals surface area contributed by atoms with Crippen molar-refractivity contribution in [3.63, 3.8) is 0 Å². The Hall–Kier alpha value is -3.22. The number of phenolic OH excluding ortho intramolecular Hbond substituents is 1. The van der Waals surface area contributed by atoms with Crippen molar-refractivity contribution in [1.82, 2.24) is 26.2 Å². The molecule has 2 heterocycles. The second kappa shape index (κ2) is 15.1. The van der Waals surface area contributed by atoms with Crippen molar-refractivity contribution >= 4 is 23.7 Å². The number of nitrogens with zero attached hydrogens (tertiary/aromatic N) is 1. The number of phenols is 1. The van der Waals surface area contributed by atoms with Gasteiger partial charge in [0, 0.05) is 26.1 Å². The van der Waals surface area contributed by atoms with E-state index in [4.69, 9.17) is 4.74 Å². The van der Waals surface area contributed by atoms with Gasteiger partial charge in [-0.05, 0) is 55.3 Å². The van der Waals surface area contributed by atoms with E-state index < -0.39 is 42.0 Å². The number of benzene rings is 1. The van der Waals surface area contributed by atoms with Gasteiger partial charge < -0.3 is 36.2 Å². The van der Waals surface area contributed by atoms with Crippen molar-refractivity contribution in [2.45, 2.75) is 77.0 Å². The van der Waals surface area contributed by atoms with Gasteiger partial charge in [0.25, 0.3) is 0 Å². The first-order valence-electron chi connectivity index (χ1n) is 14.4. The summed E-state index contributed by atoms with van der Waals surface area (Å²) in [6.45, 7) is 8.97. The van der Waals surface area contributed by atoms with Gasteiger partial charge in [0.1, 0.15) is 23.9 Å². The second-order valence-corrected chi connectivity index (χ2v) is 12.1. The highest BCUT2D eigenvalue weighted by atomic mass is 16.5. The van der Waals surface area contributed by atoms with Gasteiger partial charge in [0.15, 0.2) is 0 Å². The number of nitrogens with one attached hydrogen (secondary N) is 4. The van der Waals surface area contributed by atoms with Gasteiger partial charge in [-0.15, -0.1) is 0 Å². The van der Waals surface area contributed by atoms with Crippen LogP contribution >= 0.6 is 0 Å². The van der Waals surface area contributed by atoms with Crippen LogP contribution in [0.5, 0.6) is 5.75 Å². The zero-order valence-electron chi connectivity index (χ0n) is 24.3. The summed E-state index contributed by atoms with van der Waals surface area (Å²) in [6.07, 6.45) is 2.48. The van der Waals surface area contributed by atoms with E-state index in [9.17, 15) is 29.4 Å². The molecule has 1 aromatic carbocycles. The maximum absolute atomic E-state index is 13.7. The van der Waals surface area contributed by atoms with Gasteiger partial charge in [-0.25, -0.2) is 4.79 Å². The Bertz CT molecular complexity index is 1030. The van der Waals surface area contributed by atoms with E-state index >= 15 is 0 Å². The molecule has 0 unspecified atom stereocenters. The summed E-state index contributed by atoms with van der Waals surface area (Å²) < 4.78 is 5.41. The first-order chi connectivity index (χ1) is 19.4. The van der Waals surface area contributed by atoms with Crippen LogP contribution in [-0.2, 0) is 30.3 Å². The fourth-order valence-electron chi connectivity index (χ4n) is 4.87. The van der Waals surface area contributed by atoms with Crippen molar-refractivity contribution in [2.24, 2.45) is 5.41 Å². The highest BCUT2D eigenvalue weighted by Crippen LogP contribution is 2.22. The zero-order chi connectivity index (χ0) is 30.0. The van der Waals surface area contributed by atoms with E-state index in [-0.39, 0.29) is 36.5 Å². The maximum atomic E-state index is 13.7. The molecule has 0 aliphatic carbocycles. The largest absolute Gasteiger partial charge is 0.508 e. The number of hydrogen-bond acceptors (Lipinski definition) is 8. The molecule has 0 saturated carbocycles. The SMILES string of the molecule is CC(C)(C)CC[C@H](NC(=O)[C@H](CN1CCOCC1)NC(=O)[C@H](Cc1ccc(O)cc1)NC(=O)[C@@H]1CCCN1)C(=O)O. The van der Waals surface area contributed by atoms with Crippen LogP contribution in [0.25, 0.3) is 0 Å². The quantitative estimate of drug-likeness (QED) is 0.195. The Morgan fingerprint density at radius 3 is 2.22 bits per heavy atom. The predicted molar refractivity (Wildman–Crippen MR) is 152 cm³/mol. The number of carbonyl (C=O) groups excluding carboxylic acids is 3. The fourth-order valence-corrected chi connectivity index (χ4v) is 4.87. The molecule has 41 heavy (non-hydrogen) atoms. The number of hydrogen-bond donors (Lipinski definition) is 6. The van der Waals surface area contributed by atoms with E-state index in [1.807, 2.05) is 25.7 Å². The summed E-state index contributed by atoms with van der Waals surface area (Å²) >= 11 is 0. The minimum atomic E-state index is -1.14. The lowest BCUT2D eigenvalue weighted by molar-refractivity contribution is -0.143. The summed E-state index contributed by atoms with van der Waals surface area (Å²) in [7, 11) is 0. The molecule has 2 aliphatic rings.